The van der Waals surface area contributed by atoms with Crippen LogP contribution in [0, 0.1) is 13.8 Å². The van der Waals surface area contributed by atoms with Crippen LogP contribution in [-0.4, -0.2) is 51.2 Å². The molecule has 3 aromatic rings. The molecule has 4 rings (SSSR count). The molecule has 1 atom stereocenters. The number of ether oxygens (including phenoxy) is 2. The van der Waals surface area contributed by atoms with Crippen molar-refractivity contribution in [3.8, 4) is 11.5 Å². The van der Waals surface area contributed by atoms with Crippen molar-refractivity contribution in [3.63, 3.8) is 0 Å². The largest absolute Gasteiger partial charge is 0.497 e. The number of hydrogen-bond acceptors (Lipinski definition) is 6. The van der Waals surface area contributed by atoms with Crippen molar-refractivity contribution < 1.29 is 14.3 Å². The molecule has 0 aliphatic carbocycles. The Hall–Kier alpha value is -3.16. The van der Waals surface area contributed by atoms with Gasteiger partial charge in [-0.05, 0) is 51.0 Å². The summed E-state index contributed by atoms with van der Waals surface area (Å²) < 4.78 is 12.5. The molecule has 8 nitrogen and oxygen atoms in total. The number of nitrogens with zero attached hydrogens (tertiary/aromatic N) is 5. The van der Waals surface area contributed by atoms with E-state index in [-0.39, 0.29) is 17.8 Å². The molecule has 8 heteroatoms. The first-order chi connectivity index (χ1) is 13.5. The van der Waals surface area contributed by atoms with Crippen molar-refractivity contribution in [1.29, 1.82) is 0 Å². The summed E-state index contributed by atoms with van der Waals surface area (Å²) in [5.74, 6) is 1.87. The van der Waals surface area contributed by atoms with E-state index in [0.29, 0.717) is 12.3 Å². The number of amides is 1. The van der Waals surface area contributed by atoms with Crippen molar-refractivity contribution in [2.75, 3.05) is 20.8 Å². The maximum absolute atomic E-state index is 13.2. The highest BCUT2D eigenvalue weighted by molar-refractivity contribution is 5.91. The predicted octanol–water partition coefficient (Wildman–Crippen LogP) is 2.74. The van der Waals surface area contributed by atoms with E-state index in [0.717, 1.165) is 41.3 Å². The number of aryl methyl sites for hydroxylation is 2. The van der Waals surface area contributed by atoms with Gasteiger partial charge in [-0.15, -0.1) is 5.10 Å². The van der Waals surface area contributed by atoms with Crippen LogP contribution < -0.4 is 9.47 Å². The summed E-state index contributed by atoms with van der Waals surface area (Å²) in [5, 5.41) is 4.40. The second-order valence-electron chi connectivity index (χ2n) is 6.95. The number of fused-ring (bicyclic) bond motifs is 1. The van der Waals surface area contributed by atoms with Crippen LogP contribution in [-0.2, 0) is 0 Å². The molecule has 0 N–H and O–H groups in total. The molecule has 2 aromatic heterocycles. The topological polar surface area (TPSA) is 81.9 Å². The second kappa shape index (κ2) is 7.10. The highest BCUT2D eigenvalue weighted by atomic mass is 16.5. The fourth-order valence-electron chi connectivity index (χ4n) is 3.82. The molecule has 146 valence electrons. The van der Waals surface area contributed by atoms with E-state index in [9.17, 15) is 4.79 Å². The Morgan fingerprint density at radius 3 is 2.71 bits per heavy atom. The Bertz CT molecular complexity index is 1050. The van der Waals surface area contributed by atoms with Gasteiger partial charge in [0.05, 0.1) is 20.3 Å². The number of benzene rings is 1. The summed E-state index contributed by atoms with van der Waals surface area (Å²) in [7, 11) is 3.26. The monoisotopic (exact) mass is 381 g/mol. The second-order valence-corrected chi connectivity index (χ2v) is 6.95. The standard InChI is InChI=1S/C20H23N5O3/c1-12-10-13(2)25-20(21-12)22-18(23-25)19(26)24-9-5-6-16(24)15-11-14(27-3)7-8-17(15)28-4/h7-8,10-11,16H,5-6,9H2,1-4H3/t16-/m1/s1. The molecule has 0 saturated carbocycles. The van der Waals surface area contributed by atoms with Gasteiger partial charge in [-0.2, -0.15) is 4.98 Å². The van der Waals surface area contributed by atoms with E-state index in [1.165, 1.54) is 0 Å². The Kier molecular flexibility index (Phi) is 4.62. The lowest BCUT2D eigenvalue weighted by Crippen LogP contribution is -2.31. The van der Waals surface area contributed by atoms with Gasteiger partial charge in [0.15, 0.2) is 0 Å². The van der Waals surface area contributed by atoms with E-state index < -0.39 is 0 Å². The average Bonchev–Trinajstić information content (AvgIpc) is 3.34. The Labute approximate surface area is 163 Å². The third kappa shape index (κ3) is 3.04. The Morgan fingerprint density at radius 1 is 1.14 bits per heavy atom. The van der Waals surface area contributed by atoms with E-state index in [1.807, 2.05) is 43.0 Å². The average molecular weight is 381 g/mol. The van der Waals surface area contributed by atoms with Crippen molar-refractivity contribution in [2.45, 2.75) is 32.7 Å². The van der Waals surface area contributed by atoms with Gasteiger partial charge in [-0.3, -0.25) is 4.79 Å². The summed E-state index contributed by atoms with van der Waals surface area (Å²) in [6, 6.07) is 7.45. The molecule has 1 fully saturated rings. The third-order valence-corrected chi connectivity index (χ3v) is 5.12. The number of aromatic nitrogens is 4. The first-order valence-corrected chi connectivity index (χ1v) is 9.25. The van der Waals surface area contributed by atoms with Crippen molar-refractivity contribution >= 4 is 11.7 Å². The summed E-state index contributed by atoms with van der Waals surface area (Å²) in [4.78, 5) is 23.8. The Morgan fingerprint density at radius 2 is 1.96 bits per heavy atom. The molecule has 1 aliphatic rings. The van der Waals surface area contributed by atoms with E-state index >= 15 is 0 Å². The van der Waals surface area contributed by atoms with Crippen LogP contribution in [0.4, 0.5) is 0 Å². The fraction of sp³-hybridized carbons (Fsp3) is 0.400. The van der Waals surface area contributed by atoms with Crippen molar-refractivity contribution in [1.82, 2.24) is 24.5 Å². The lowest BCUT2D eigenvalue weighted by molar-refractivity contribution is 0.0722. The minimum Gasteiger partial charge on any atom is -0.497 e. The maximum Gasteiger partial charge on any atom is 0.294 e. The predicted molar refractivity (Wildman–Crippen MR) is 103 cm³/mol. The molecular formula is C20H23N5O3. The molecule has 1 saturated heterocycles. The molecule has 1 amide bonds. The van der Waals surface area contributed by atoms with Gasteiger partial charge in [0.2, 0.25) is 5.82 Å². The first kappa shape index (κ1) is 18.2. The zero-order valence-electron chi connectivity index (χ0n) is 16.5. The summed E-state index contributed by atoms with van der Waals surface area (Å²) in [5.41, 5.74) is 2.67. The number of carbonyl (C=O) groups excluding carboxylic acids is 1. The summed E-state index contributed by atoms with van der Waals surface area (Å²) >= 11 is 0. The molecule has 3 heterocycles. The number of carbonyl (C=O) groups is 1. The van der Waals surface area contributed by atoms with Crippen LogP contribution in [0.5, 0.6) is 11.5 Å². The SMILES string of the molecule is COc1ccc(OC)c([C@H]2CCCN2C(=O)c2nc3nc(C)cc(C)n3n2)c1. The van der Waals surface area contributed by atoms with Crippen molar-refractivity contribution in [2.24, 2.45) is 0 Å². The highest BCUT2D eigenvalue weighted by Gasteiger charge is 2.34. The minimum atomic E-state index is -0.199. The van der Waals surface area contributed by atoms with E-state index in [4.69, 9.17) is 9.47 Å². The molecule has 1 aromatic carbocycles. The van der Waals surface area contributed by atoms with E-state index in [1.54, 1.807) is 18.7 Å². The number of hydrogen-bond donors (Lipinski definition) is 0. The fourth-order valence-corrected chi connectivity index (χ4v) is 3.82. The van der Waals surface area contributed by atoms with Gasteiger partial charge in [0.1, 0.15) is 11.5 Å². The van der Waals surface area contributed by atoms with Crippen LogP contribution in [0.3, 0.4) is 0 Å². The first-order valence-electron chi connectivity index (χ1n) is 9.25. The number of likely N-dealkylation sites (tertiary alicyclic amines) is 1. The molecule has 1 aliphatic heterocycles. The Balaban J connectivity index is 1.71. The normalized spacial score (nSPS) is 16.6. The van der Waals surface area contributed by atoms with Crippen LogP contribution in [0.2, 0.25) is 0 Å². The maximum atomic E-state index is 13.2. The summed E-state index contributed by atoms with van der Waals surface area (Å²) in [6.45, 7) is 4.46. The summed E-state index contributed by atoms with van der Waals surface area (Å²) in [6.07, 6.45) is 1.75. The van der Waals surface area contributed by atoms with Gasteiger partial charge in [0, 0.05) is 23.5 Å². The van der Waals surface area contributed by atoms with E-state index in [2.05, 4.69) is 15.1 Å². The molecule has 28 heavy (non-hydrogen) atoms. The zero-order chi connectivity index (χ0) is 19.8. The van der Waals surface area contributed by atoms with Gasteiger partial charge in [-0.1, -0.05) is 0 Å². The lowest BCUT2D eigenvalue weighted by Gasteiger charge is -2.25. The number of rotatable bonds is 4. The number of methoxy groups -OCH3 is 2. The van der Waals surface area contributed by atoms with Gasteiger partial charge < -0.3 is 14.4 Å². The molecule has 0 spiro atoms. The lowest BCUT2D eigenvalue weighted by atomic mass is 10.0. The van der Waals surface area contributed by atoms with Crippen LogP contribution >= 0.6 is 0 Å². The third-order valence-electron chi connectivity index (χ3n) is 5.12. The van der Waals surface area contributed by atoms with Gasteiger partial charge in [0.25, 0.3) is 11.7 Å². The van der Waals surface area contributed by atoms with Crippen LogP contribution in [0.25, 0.3) is 5.78 Å². The smallest absolute Gasteiger partial charge is 0.294 e. The molecule has 0 unspecified atom stereocenters. The van der Waals surface area contributed by atoms with Crippen LogP contribution in [0.1, 0.15) is 46.5 Å². The minimum absolute atomic E-state index is 0.111. The highest BCUT2D eigenvalue weighted by Crippen LogP contribution is 2.39. The van der Waals surface area contributed by atoms with Crippen LogP contribution in [0.15, 0.2) is 24.3 Å². The molecule has 0 radical (unpaired) electrons. The van der Waals surface area contributed by atoms with Gasteiger partial charge >= 0.3 is 0 Å². The van der Waals surface area contributed by atoms with Gasteiger partial charge in [-0.25, -0.2) is 9.50 Å². The molecular weight excluding hydrogens is 358 g/mol. The zero-order valence-corrected chi connectivity index (χ0v) is 16.5. The molecule has 0 bridgehead atoms. The van der Waals surface area contributed by atoms with Crippen molar-refractivity contribution in [3.05, 3.63) is 47.0 Å². The quantitative estimate of drug-likeness (QED) is 0.691.